The van der Waals surface area contributed by atoms with Gasteiger partial charge in [-0.25, -0.2) is 4.39 Å². The van der Waals surface area contributed by atoms with E-state index in [2.05, 4.69) is 10.6 Å². The van der Waals surface area contributed by atoms with Crippen LogP contribution in [0.25, 0.3) is 0 Å². The topological polar surface area (TPSA) is 67.4 Å². The fourth-order valence-corrected chi connectivity index (χ4v) is 1.57. The Kier molecular flexibility index (Phi) is 6.24. The first kappa shape index (κ1) is 15.4. The van der Waals surface area contributed by atoms with Crippen LogP contribution in [0.2, 0.25) is 5.02 Å². The van der Waals surface area contributed by atoms with Crippen molar-refractivity contribution in [2.45, 2.75) is 0 Å². The zero-order valence-electron chi connectivity index (χ0n) is 10.3. The van der Waals surface area contributed by atoms with Crippen LogP contribution in [0.1, 0.15) is 10.4 Å². The van der Waals surface area contributed by atoms with Gasteiger partial charge in [0.25, 0.3) is 5.91 Å². The number of methoxy groups -OCH3 is 1. The molecular weight excluding hydrogens is 275 g/mol. The lowest BCUT2D eigenvalue weighted by Gasteiger charge is -2.08. The summed E-state index contributed by atoms with van der Waals surface area (Å²) < 4.78 is 18.2. The first-order chi connectivity index (χ1) is 9.06. The Labute approximate surface area is 115 Å². The summed E-state index contributed by atoms with van der Waals surface area (Å²) in [5.74, 6) is -1.85. The third-order valence-electron chi connectivity index (χ3n) is 2.23. The predicted molar refractivity (Wildman–Crippen MR) is 68.6 cm³/mol. The highest BCUT2D eigenvalue weighted by molar-refractivity contribution is 6.33. The molecule has 7 heteroatoms. The fraction of sp³-hybridized carbons (Fsp3) is 0.333. The van der Waals surface area contributed by atoms with Crippen LogP contribution in [0.15, 0.2) is 18.2 Å². The molecule has 0 bridgehead atoms. The Balaban J connectivity index is 2.49. The van der Waals surface area contributed by atoms with Crippen LogP contribution in [0, 0.1) is 5.82 Å². The minimum atomic E-state index is -0.732. The molecule has 0 fully saturated rings. The summed E-state index contributed by atoms with van der Waals surface area (Å²) in [5, 5.41) is 4.80. The van der Waals surface area contributed by atoms with E-state index >= 15 is 0 Å². The molecule has 0 spiro atoms. The number of carbonyl (C=O) groups excluding carboxylic acids is 2. The Morgan fingerprint density at radius 1 is 1.37 bits per heavy atom. The van der Waals surface area contributed by atoms with Crippen molar-refractivity contribution in [2.75, 3.05) is 26.8 Å². The second-order valence-electron chi connectivity index (χ2n) is 3.62. The first-order valence-corrected chi connectivity index (χ1v) is 5.92. The summed E-state index contributed by atoms with van der Waals surface area (Å²) in [6.07, 6.45) is 0. The molecule has 0 saturated heterocycles. The van der Waals surface area contributed by atoms with E-state index in [4.69, 9.17) is 16.3 Å². The van der Waals surface area contributed by atoms with E-state index in [9.17, 15) is 14.0 Å². The van der Waals surface area contributed by atoms with Crippen molar-refractivity contribution in [3.05, 3.63) is 34.6 Å². The smallest absolute Gasteiger partial charge is 0.256 e. The standard InChI is InChI=1S/C12H14ClFN2O3/c1-19-6-5-15-10(17)7-16-12(18)11-8(13)3-2-4-9(11)14/h2-4H,5-7H2,1H3,(H,15,17)(H,16,18). The number of halogens is 2. The summed E-state index contributed by atoms with van der Waals surface area (Å²) >= 11 is 5.72. The highest BCUT2D eigenvalue weighted by Gasteiger charge is 2.16. The Morgan fingerprint density at radius 3 is 2.74 bits per heavy atom. The molecule has 0 heterocycles. The quantitative estimate of drug-likeness (QED) is 0.767. The summed E-state index contributed by atoms with van der Waals surface area (Å²) in [6.45, 7) is 0.456. The van der Waals surface area contributed by atoms with Crippen LogP contribution in [0.4, 0.5) is 4.39 Å². The van der Waals surface area contributed by atoms with E-state index in [-0.39, 0.29) is 17.1 Å². The van der Waals surface area contributed by atoms with E-state index in [1.165, 1.54) is 19.2 Å². The lowest BCUT2D eigenvalue weighted by atomic mass is 10.2. The number of rotatable bonds is 6. The van der Waals surface area contributed by atoms with E-state index in [0.29, 0.717) is 13.2 Å². The second kappa shape index (κ2) is 7.70. The number of carbonyl (C=O) groups is 2. The van der Waals surface area contributed by atoms with Gasteiger partial charge in [0.05, 0.1) is 23.7 Å². The number of hydrogen-bond acceptors (Lipinski definition) is 3. The van der Waals surface area contributed by atoms with Gasteiger partial charge >= 0.3 is 0 Å². The van der Waals surface area contributed by atoms with E-state index in [1.54, 1.807) is 0 Å². The van der Waals surface area contributed by atoms with Gasteiger partial charge in [-0.15, -0.1) is 0 Å². The molecule has 2 amide bonds. The van der Waals surface area contributed by atoms with Crippen LogP contribution >= 0.6 is 11.6 Å². The van der Waals surface area contributed by atoms with E-state index in [1.807, 2.05) is 0 Å². The molecule has 104 valence electrons. The Morgan fingerprint density at radius 2 is 2.11 bits per heavy atom. The molecule has 1 rings (SSSR count). The number of benzene rings is 1. The molecule has 1 aromatic rings. The van der Waals surface area contributed by atoms with Gasteiger partial charge in [0, 0.05) is 13.7 Å². The SMILES string of the molecule is COCCNC(=O)CNC(=O)c1c(F)cccc1Cl. The van der Waals surface area contributed by atoms with Crippen molar-refractivity contribution in [3.63, 3.8) is 0 Å². The van der Waals surface area contributed by atoms with Gasteiger partial charge in [-0.05, 0) is 12.1 Å². The maximum atomic E-state index is 13.4. The third kappa shape index (κ3) is 4.84. The van der Waals surface area contributed by atoms with Crippen molar-refractivity contribution < 1.29 is 18.7 Å². The normalized spacial score (nSPS) is 10.1. The summed E-state index contributed by atoms with van der Waals surface area (Å²) in [7, 11) is 1.51. The minimum absolute atomic E-state index is 0.00251. The van der Waals surface area contributed by atoms with Crippen LogP contribution in [-0.2, 0) is 9.53 Å². The molecule has 0 aromatic heterocycles. The molecule has 5 nitrogen and oxygen atoms in total. The Hall–Kier alpha value is -1.66. The largest absolute Gasteiger partial charge is 0.383 e. The van der Waals surface area contributed by atoms with Crippen molar-refractivity contribution in [3.8, 4) is 0 Å². The molecule has 19 heavy (non-hydrogen) atoms. The summed E-state index contributed by atoms with van der Waals surface area (Å²) in [5.41, 5.74) is -0.270. The lowest BCUT2D eigenvalue weighted by molar-refractivity contribution is -0.120. The molecular formula is C12H14ClFN2O3. The third-order valence-corrected chi connectivity index (χ3v) is 2.54. The predicted octanol–water partition coefficient (Wildman–Crippen LogP) is 0.972. The van der Waals surface area contributed by atoms with Gasteiger partial charge in [0.1, 0.15) is 5.82 Å². The molecule has 0 aliphatic heterocycles. The van der Waals surface area contributed by atoms with Gasteiger partial charge in [-0.3, -0.25) is 9.59 Å². The van der Waals surface area contributed by atoms with Crippen LogP contribution in [0.3, 0.4) is 0 Å². The molecule has 0 saturated carbocycles. The number of hydrogen-bond donors (Lipinski definition) is 2. The van der Waals surface area contributed by atoms with Gasteiger partial charge in [0.15, 0.2) is 0 Å². The average molecular weight is 289 g/mol. The van der Waals surface area contributed by atoms with Crippen LogP contribution < -0.4 is 10.6 Å². The van der Waals surface area contributed by atoms with Gasteiger partial charge in [-0.1, -0.05) is 17.7 Å². The van der Waals surface area contributed by atoms with Gasteiger partial charge in [-0.2, -0.15) is 0 Å². The molecule has 0 radical (unpaired) electrons. The second-order valence-corrected chi connectivity index (χ2v) is 4.03. The zero-order chi connectivity index (χ0) is 14.3. The molecule has 0 aliphatic carbocycles. The molecule has 1 aromatic carbocycles. The summed E-state index contributed by atoms with van der Waals surface area (Å²) in [4.78, 5) is 23.0. The number of ether oxygens (including phenoxy) is 1. The maximum Gasteiger partial charge on any atom is 0.256 e. The molecule has 0 atom stereocenters. The van der Waals surface area contributed by atoms with Gasteiger partial charge < -0.3 is 15.4 Å². The Bertz CT molecular complexity index is 448. The number of amides is 2. The molecule has 0 unspecified atom stereocenters. The monoisotopic (exact) mass is 288 g/mol. The average Bonchev–Trinajstić information content (AvgIpc) is 2.36. The summed E-state index contributed by atoms with van der Waals surface area (Å²) in [6, 6.07) is 3.92. The van der Waals surface area contributed by atoms with Crippen molar-refractivity contribution in [2.24, 2.45) is 0 Å². The van der Waals surface area contributed by atoms with Crippen molar-refractivity contribution in [1.29, 1.82) is 0 Å². The van der Waals surface area contributed by atoms with Crippen molar-refractivity contribution in [1.82, 2.24) is 10.6 Å². The highest BCUT2D eigenvalue weighted by atomic mass is 35.5. The van der Waals surface area contributed by atoms with Crippen LogP contribution in [0.5, 0.6) is 0 Å². The van der Waals surface area contributed by atoms with Crippen molar-refractivity contribution >= 4 is 23.4 Å². The maximum absolute atomic E-state index is 13.4. The molecule has 2 N–H and O–H groups in total. The minimum Gasteiger partial charge on any atom is -0.383 e. The number of nitrogens with one attached hydrogen (secondary N) is 2. The highest BCUT2D eigenvalue weighted by Crippen LogP contribution is 2.18. The zero-order valence-corrected chi connectivity index (χ0v) is 11.1. The van der Waals surface area contributed by atoms with Crippen LogP contribution in [-0.4, -0.2) is 38.6 Å². The van der Waals surface area contributed by atoms with E-state index < -0.39 is 17.6 Å². The molecule has 0 aliphatic rings. The van der Waals surface area contributed by atoms with Gasteiger partial charge in [0.2, 0.25) is 5.91 Å². The van der Waals surface area contributed by atoms with E-state index in [0.717, 1.165) is 6.07 Å². The fourth-order valence-electron chi connectivity index (χ4n) is 1.32. The lowest BCUT2D eigenvalue weighted by Crippen LogP contribution is -2.38. The first-order valence-electron chi connectivity index (χ1n) is 5.54.